The summed E-state index contributed by atoms with van der Waals surface area (Å²) in [6.45, 7) is 11.4. The van der Waals surface area contributed by atoms with Gasteiger partial charge >= 0.3 is 0 Å². The molecule has 1 aliphatic rings. The molecule has 1 aromatic rings. The van der Waals surface area contributed by atoms with Gasteiger partial charge in [0, 0.05) is 24.8 Å². The quantitative estimate of drug-likeness (QED) is 0.875. The lowest BCUT2D eigenvalue weighted by atomic mass is 9.74. The van der Waals surface area contributed by atoms with Gasteiger partial charge in [0.05, 0.1) is 0 Å². The Morgan fingerprint density at radius 1 is 1.19 bits per heavy atom. The highest BCUT2D eigenvalue weighted by Crippen LogP contribution is 2.39. The molecule has 1 aliphatic heterocycles. The van der Waals surface area contributed by atoms with Gasteiger partial charge in [0.2, 0.25) is 0 Å². The minimum atomic E-state index is 0.223. The first-order valence-corrected chi connectivity index (χ1v) is 8.60. The van der Waals surface area contributed by atoms with Crippen LogP contribution in [-0.2, 0) is 6.42 Å². The van der Waals surface area contributed by atoms with Gasteiger partial charge in [-0.05, 0) is 50.2 Å². The Morgan fingerprint density at radius 3 is 2.33 bits per heavy atom. The summed E-state index contributed by atoms with van der Waals surface area (Å²) in [6, 6.07) is 7.08. The number of nitrogens with two attached hydrogens (primary N) is 1. The SMILES string of the molecule is CCC1(CC)CCN(c2ccc(C)cc2CC(C)N)CC1. The summed E-state index contributed by atoms with van der Waals surface area (Å²) in [7, 11) is 0. The van der Waals surface area contributed by atoms with Crippen molar-refractivity contribution in [1.29, 1.82) is 0 Å². The molecule has 0 spiro atoms. The Kier molecular flexibility index (Phi) is 5.32. The Morgan fingerprint density at radius 2 is 1.81 bits per heavy atom. The van der Waals surface area contributed by atoms with Gasteiger partial charge in [-0.15, -0.1) is 0 Å². The number of benzene rings is 1. The lowest BCUT2D eigenvalue weighted by Gasteiger charge is -2.42. The molecule has 118 valence electrons. The van der Waals surface area contributed by atoms with Gasteiger partial charge in [0.1, 0.15) is 0 Å². The first-order chi connectivity index (χ1) is 9.99. The number of nitrogens with zero attached hydrogens (tertiary/aromatic N) is 1. The molecule has 0 amide bonds. The summed E-state index contributed by atoms with van der Waals surface area (Å²) in [5.74, 6) is 0. The van der Waals surface area contributed by atoms with E-state index in [0.29, 0.717) is 5.41 Å². The van der Waals surface area contributed by atoms with E-state index in [1.807, 2.05) is 0 Å². The van der Waals surface area contributed by atoms with E-state index in [4.69, 9.17) is 5.73 Å². The Hall–Kier alpha value is -1.02. The zero-order chi connectivity index (χ0) is 15.5. The predicted octanol–water partition coefficient (Wildman–Crippen LogP) is 4.29. The van der Waals surface area contributed by atoms with Gasteiger partial charge in [0.15, 0.2) is 0 Å². The molecule has 0 bridgehead atoms. The standard InChI is InChI=1S/C19H32N2/c1-5-19(6-2)9-11-21(12-10-19)18-8-7-15(3)13-17(18)14-16(4)20/h7-8,13,16H,5-6,9-12,14,20H2,1-4H3. The molecule has 21 heavy (non-hydrogen) atoms. The van der Waals surface area contributed by atoms with E-state index in [1.54, 1.807) is 0 Å². The number of hydrogen-bond donors (Lipinski definition) is 1. The average Bonchev–Trinajstić information content (AvgIpc) is 2.47. The zero-order valence-electron chi connectivity index (χ0n) is 14.3. The van der Waals surface area contributed by atoms with E-state index >= 15 is 0 Å². The maximum Gasteiger partial charge on any atom is 0.0399 e. The third-order valence-corrected chi connectivity index (χ3v) is 5.44. The molecule has 2 heteroatoms. The largest absolute Gasteiger partial charge is 0.371 e. The second-order valence-corrected chi connectivity index (χ2v) is 7.01. The van der Waals surface area contributed by atoms with Crippen LogP contribution in [0.3, 0.4) is 0 Å². The summed E-state index contributed by atoms with van der Waals surface area (Å²) in [5.41, 5.74) is 10.8. The number of hydrogen-bond acceptors (Lipinski definition) is 2. The van der Waals surface area contributed by atoms with Crippen LogP contribution in [-0.4, -0.2) is 19.1 Å². The molecule has 0 radical (unpaired) electrons. The van der Waals surface area contributed by atoms with Crippen molar-refractivity contribution in [3.05, 3.63) is 29.3 Å². The van der Waals surface area contributed by atoms with Crippen molar-refractivity contribution < 1.29 is 0 Å². The van der Waals surface area contributed by atoms with Crippen molar-refractivity contribution in [2.75, 3.05) is 18.0 Å². The Bertz CT molecular complexity index is 451. The Balaban J connectivity index is 2.16. The number of piperidine rings is 1. The molecule has 1 unspecified atom stereocenters. The van der Waals surface area contributed by atoms with Gasteiger partial charge in [0.25, 0.3) is 0 Å². The van der Waals surface area contributed by atoms with Gasteiger partial charge < -0.3 is 10.6 Å². The molecule has 1 saturated heterocycles. The smallest absolute Gasteiger partial charge is 0.0399 e. The highest BCUT2D eigenvalue weighted by molar-refractivity contribution is 5.55. The molecule has 1 heterocycles. The van der Waals surface area contributed by atoms with Crippen LogP contribution >= 0.6 is 0 Å². The van der Waals surface area contributed by atoms with Crippen molar-refractivity contribution in [3.63, 3.8) is 0 Å². The fraction of sp³-hybridized carbons (Fsp3) is 0.684. The normalized spacial score (nSPS) is 19.6. The zero-order valence-corrected chi connectivity index (χ0v) is 14.3. The number of rotatable bonds is 5. The Labute approximate surface area is 130 Å². The summed E-state index contributed by atoms with van der Waals surface area (Å²) >= 11 is 0. The molecular weight excluding hydrogens is 256 g/mol. The van der Waals surface area contributed by atoms with E-state index in [0.717, 1.165) is 6.42 Å². The monoisotopic (exact) mass is 288 g/mol. The highest BCUT2D eigenvalue weighted by Gasteiger charge is 2.31. The molecule has 1 aromatic carbocycles. The third kappa shape index (κ3) is 3.79. The molecule has 2 rings (SSSR count). The molecule has 1 fully saturated rings. The fourth-order valence-corrected chi connectivity index (χ4v) is 3.71. The fourth-order valence-electron chi connectivity index (χ4n) is 3.71. The van der Waals surface area contributed by atoms with Gasteiger partial charge in [-0.3, -0.25) is 0 Å². The summed E-state index contributed by atoms with van der Waals surface area (Å²) in [6.07, 6.45) is 6.26. The van der Waals surface area contributed by atoms with Gasteiger partial charge in [-0.25, -0.2) is 0 Å². The summed E-state index contributed by atoms with van der Waals surface area (Å²) in [5, 5.41) is 0. The van der Waals surface area contributed by atoms with E-state index in [2.05, 4.69) is 50.8 Å². The van der Waals surface area contributed by atoms with E-state index in [-0.39, 0.29) is 6.04 Å². The van der Waals surface area contributed by atoms with Crippen molar-refractivity contribution in [1.82, 2.24) is 0 Å². The van der Waals surface area contributed by atoms with Crippen LogP contribution in [0.1, 0.15) is 57.6 Å². The average molecular weight is 288 g/mol. The van der Waals surface area contributed by atoms with E-state index in [1.165, 1.54) is 55.6 Å². The van der Waals surface area contributed by atoms with Crippen LogP contribution in [0, 0.1) is 12.3 Å². The summed E-state index contributed by atoms with van der Waals surface area (Å²) in [4.78, 5) is 2.58. The third-order valence-electron chi connectivity index (χ3n) is 5.44. The highest BCUT2D eigenvalue weighted by atomic mass is 15.1. The van der Waals surface area contributed by atoms with Gasteiger partial charge in [-0.1, -0.05) is 44.4 Å². The van der Waals surface area contributed by atoms with Crippen LogP contribution in [0.25, 0.3) is 0 Å². The molecule has 2 nitrogen and oxygen atoms in total. The minimum absolute atomic E-state index is 0.223. The van der Waals surface area contributed by atoms with Crippen LogP contribution in [0.2, 0.25) is 0 Å². The molecule has 1 atom stereocenters. The maximum absolute atomic E-state index is 6.04. The van der Waals surface area contributed by atoms with Crippen molar-refractivity contribution >= 4 is 5.69 Å². The van der Waals surface area contributed by atoms with Crippen molar-refractivity contribution in [2.45, 2.75) is 65.8 Å². The van der Waals surface area contributed by atoms with E-state index in [9.17, 15) is 0 Å². The molecule has 0 saturated carbocycles. The van der Waals surface area contributed by atoms with Crippen LogP contribution < -0.4 is 10.6 Å². The first kappa shape index (κ1) is 16.4. The van der Waals surface area contributed by atoms with Gasteiger partial charge in [-0.2, -0.15) is 0 Å². The molecule has 0 aliphatic carbocycles. The lowest BCUT2D eigenvalue weighted by molar-refractivity contribution is 0.199. The molecular formula is C19H32N2. The maximum atomic E-state index is 6.04. The van der Waals surface area contributed by atoms with Crippen molar-refractivity contribution in [3.8, 4) is 0 Å². The van der Waals surface area contributed by atoms with Crippen LogP contribution in [0.5, 0.6) is 0 Å². The number of anilines is 1. The van der Waals surface area contributed by atoms with E-state index < -0.39 is 0 Å². The number of aryl methyl sites for hydroxylation is 1. The topological polar surface area (TPSA) is 29.3 Å². The van der Waals surface area contributed by atoms with Crippen molar-refractivity contribution in [2.24, 2.45) is 11.1 Å². The summed E-state index contributed by atoms with van der Waals surface area (Å²) < 4.78 is 0. The lowest BCUT2D eigenvalue weighted by Crippen LogP contribution is -2.40. The molecule has 2 N–H and O–H groups in total. The minimum Gasteiger partial charge on any atom is -0.371 e. The second kappa shape index (κ2) is 6.83. The second-order valence-electron chi connectivity index (χ2n) is 7.01. The predicted molar refractivity (Wildman–Crippen MR) is 93.0 cm³/mol. The molecule has 0 aromatic heterocycles. The van der Waals surface area contributed by atoms with Crippen LogP contribution in [0.4, 0.5) is 5.69 Å². The first-order valence-electron chi connectivity index (χ1n) is 8.60. The van der Waals surface area contributed by atoms with Crippen LogP contribution in [0.15, 0.2) is 18.2 Å².